The van der Waals surface area contributed by atoms with Crippen molar-refractivity contribution >= 4 is 46.0 Å². The molecule has 2 N–H and O–H groups in total. The fourth-order valence-corrected chi connectivity index (χ4v) is 1.83. The molecule has 0 fully saturated rings. The summed E-state index contributed by atoms with van der Waals surface area (Å²) < 4.78 is 0. The number of halogens is 2. The zero-order valence-corrected chi connectivity index (χ0v) is 12.0. The van der Waals surface area contributed by atoms with E-state index < -0.39 is 0 Å². The quantitative estimate of drug-likeness (QED) is 0.833. The summed E-state index contributed by atoms with van der Waals surface area (Å²) >= 11 is 11.8. The van der Waals surface area contributed by atoms with Crippen LogP contribution in [0.2, 0.25) is 10.0 Å². The summed E-state index contributed by atoms with van der Waals surface area (Å²) in [4.78, 5) is 19.9. The number of fused-ring (bicyclic) bond motifs is 1. The van der Waals surface area contributed by atoms with Crippen LogP contribution >= 0.6 is 23.2 Å². The number of hydrogen-bond donors (Lipinski definition) is 2. The Labute approximate surface area is 126 Å². The standard InChI is InChI=1S/C13H12Cl2N4O/c1-2-3-16-13(20)7-18-12-6-17-10-4-8(14)9(15)5-11(10)19-12/h2,4-6H,1,3,7H2,(H,16,20)(H,18,19). The molecule has 0 unspecified atom stereocenters. The lowest BCUT2D eigenvalue weighted by Crippen LogP contribution is -2.30. The molecule has 2 aromatic rings. The third-order valence-corrected chi connectivity index (χ3v) is 3.18. The van der Waals surface area contributed by atoms with E-state index in [0.29, 0.717) is 33.4 Å². The van der Waals surface area contributed by atoms with Crippen LogP contribution in [0.4, 0.5) is 5.82 Å². The third-order valence-electron chi connectivity index (χ3n) is 2.46. The summed E-state index contributed by atoms with van der Waals surface area (Å²) in [6.07, 6.45) is 3.15. The first-order chi connectivity index (χ1) is 9.60. The average molecular weight is 311 g/mol. The Bertz CT molecular complexity index is 660. The molecule has 104 valence electrons. The predicted molar refractivity (Wildman–Crippen MR) is 81.3 cm³/mol. The van der Waals surface area contributed by atoms with Gasteiger partial charge in [0.1, 0.15) is 5.82 Å². The van der Waals surface area contributed by atoms with Crippen LogP contribution in [0.1, 0.15) is 0 Å². The Balaban J connectivity index is 2.10. The molecular weight excluding hydrogens is 299 g/mol. The molecule has 5 nitrogen and oxygen atoms in total. The van der Waals surface area contributed by atoms with Crippen molar-refractivity contribution in [2.75, 3.05) is 18.4 Å². The van der Waals surface area contributed by atoms with E-state index in [0.717, 1.165) is 0 Å². The Morgan fingerprint density at radius 1 is 1.30 bits per heavy atom. The number of aromatic nitrogens is 2. The number of carbonyl (C=O) groups excluding carboxylic acids is 1. The van der Waals surface area contributed by atoms with Crippen LogP contribution in [-0.4, -0.2) is 29.0 Å². The monoisotopic (exact) mass is 310 g/mol. The molecule has 1 heterocycles. The maximum Gasteiger partial charge on any atom is 0.239 e. The Morgan fingerprint density at radius 3 is 2.70 bits per heavy atom. The van der Waals surface area contributed by atoms with E-state index in [1.54, 1.807) is 18.2 Å². The van der Waals surface area contributed by atoms with Crippen molar-refractivity contribution in [1.82, 2.24) is 15.3 Å². The largest absolute Gasteiger partial charge is 0.360 e. The van der Waals surface area contributed by atoms with Crippen molar-refractivity contribution in [1.29, 1.82) is 0 Å². The maximum atomic E-state index is 11.4. The van der Waals surface area contributed by atoms with Gasteiger partial charge in [-0.05, 0) is 12.1 Å². The van der Waals surface area contributed by atoms with Crippen molar-refractivity contribution in [3.8, 4) is 0 Å². The second kappa shape index (κ2) is 6.54. The molecule has 0 saturated carbocycles. The van der Waals surface area contributed by atoms with Gasteiger partial charge in [-0.25, -0.2) is 4.98 Å². The molecular formula is C13H12Cl2N4O. The van der Waals surface area contributed by atoms with Crippen LogP contribution < -0.4 is 10.6 Å². The highest BCUT2D eigenvalue weighted by Crippen LogP contribution is 2.26. The maximum absolute atomic E-state index is 11.4. The van der Waals surface area contributed by atoms with Crippen molar-refractivity contribution < 1.29 is 4.79 Å². The van der Waals surface area contributed by atoms with Crippen molar-refractivity contribution in [2.24, 2.45) is 0 Å². The molecule has 0 bridgehead atoms. The van der Waals surface area contributed by atoms with Gasteiger partial charge in [0.25, 0.3) is 0 Å². The summed E-state index contributed by atoms with van der Waals surface area (Å²) in [6.45, 7) is 4.05. The molecule has 7 heteroatoms. The Kier molecular flexibility index (Phi) is 4.76. The summed E-state index contributed by atoms with van der Waals surface area (Å²) in [6, 6.07) is 3.28. The molecule has 2 rings (SSSR count). The van der Waals surface area contributed by atoms with Crippen LogP contribution in [0.3, 0.4) is 0 Å². The highest BCUT2D eigenvalue weighted by atomic mass is 35.5. The van der Waals surface area contributed by atoms with Gasteiger partial charge < -0.3 is 10.6 Å². The number of nitrogens with zero attached hydrogens (tertiary/aromatic N) is 2. The summed E-state index contributed by atoms with van der Waals surface area (Å²) in [7, 11) is 0. The second-order valence-corrected chi connectivity index (χ2v) is 4.77. The first-order valence-electron chi connectivity index (χ1n) is 5.83. The lowest BCUT2D eigenvalue weighted by atomic mass is 10.3. The number of carbonyl (C=O) groups is 1. The molecule has 0 aliphatic rings. The molecule has 0 aliphatic heterocycles. The predicted octanol–water partition coefficient (Wildman–Crippen LogP) is 2.65. The van der Waals surface area contributed by atoms with Gasteiger partial charge in [-0.3, -0.25) is 9.78 Å². The Hall–Kier alpha value is -1.85. The average Bonchev–Trinajstić information content (AvgIpc) is 2.44. The molecule has 0 spiro atoms. The number of anilines is 1. The van der Waals surface area contributed by atoms with Crippen molar-refractivity contribution in [3.05, 3.63) is 41.0 Å². The van der Waals surface area contributed by atoms with E-state index in [2.05, 4.69) is 27.2 Å². The van der Waals surface area contributed by atoms with Crippen LogP contribution in [0, 0.1) is 0 Å². The van der Waals surface area contributed by atoms with Crippen LogP contribution in [0.5, 0.6) is 0 Å². The van der Waals surface area contributed by atoms with E-state index in [-0.39, 0.29) is 12.5 Å². The minimum Gasteiger partial charge on any atom is -0.360 e. The fraction of sp³-hybridized carbons (Fsp3) is 0.154. The molecule has 1 amide bonds. The molecule has 0 saturated heterocycles. The van der Waals surface area contributed by atoms with E-state index in [1.807, 2.05) is 0 Å². The number of benzene rings is 1. The number of rotatable bonds is 5. The molecule has 1 aromatic heterocycles. The molecule has 20 heavy (non-hydrogen) atoms. The number of hydrogen-bond acceptors (Lipinski definition) is 4. The van der Waals surface area contributed by atoms with Gasteiger partial charge in [0.2, 0.25) is 5.91 Å². The smallest absolute Gasteiger partial charge is 0.239 e. The number of nitrogens with one attached hydrogen (secondary N) is 2. The molecule has 0 radical (unpaired) electrons. The van der Waals surface area contributed by atoms with Gasteiger partial charge in [0.05, 0.1) is 33.8 Å². The van der Waals surface area contributed by atoms with Gasteiger partial charge in [0, 0.05) is 6.54 Å². The highest BCUT2D eigenvalue weighted by molar-refractivity contribution is 6.42. The topological polar surface area (TPSA) is 66.9 Å². The second-order valence-electron chi connectivity index (χ2n) is 3.96. The molecule has 0 aliphatic carbocycles. The van der Waals surface area contributed by atoms with Crippen molar-refractivity contribution in [2.45, 2.75) is 0 Å². The molecule has 0 atom stereocenters. The Morgan fingerprint density at radius 2 is 2.00 bits per heavy atom. The minimum atomic E-state index is -0.152. The zero-order valence-electron chi connectivity index (χ0n) is 10.5. The normalized spacial score (nSPS) is 10.3. The lowest BCUT2D eigenvalue weighted by molar-refractivity contribution is -0.119. The fourth-order valence-electron chi connectivity index (χ4n) is 1.51. The van der Waals surface area contributed by atoms with E-state index in [4.69, 9.17) is 23.2 Å². The number of amides is 1. The van der Waals surface area contributed by atoms with Crippen LogP contribution in [0.25, 0.3) is 11.0 Å². The van der Waals surface area contributed by atoms with E-state index in [9.17, 15) is 4.79 Å². The first kappa shape index (κ1) is 14.6. The summed E-state index contributed by atoms with van der Waals surface area (Å²) in [5.41, 5.74) is 1.25. The third kappa shape index (κ3) is 3.59. The summed E-state index contributed by atoms with van der Waals surface area (Å²) in [5.74, 6) is 0.338. The van der Waals surface area contributed by atoms with Gasteiger partial charge in [-0.15, -0.1) is 6.58 Å². The van der Waals surface area contributed by atoms with Crippen molar-refractivity contribution in [3.63, 3.8) is 0 Å². The SMILES string of the molecule is C=CCNC(=O)CNc1cnc2cc(Cl)c(Cl)cc2n1. The zero-order chi connectivity index (χ0) is 14.5. The van der Waals surface area contributed by atoms with E-state index >= 15 is 0 Å². The highest BCUT2D eigenvalue weighted by Gasteiger charge is 2.05. The van der Waals surface area contributed by atoms with Gasteiger partial charge in [-0.1, -0.05) is 29.3 Å². The molecule has 1 aromatic carbocycles. The van der Waals surface area contributed by atoms with Gasteiger partial charge in [0.15, 0.2) is 0 Å². The van der Waals surface area contributed by atoms with E-state index in [1.165, 1.54) is 6.20 Å². The summed E-state index contributed by atoms with van der Waals surface area (Å²) in [5, 5.41) is 6.37. The van der Waals surface area contributed by atoms with Gasteiger partial charge >= 0.3 is 0 Å². The van der Waals surface area contributed by atoms with Crippen LogP contribution in [-0.2, 0) is 4.79 Å². The minimum absolute atomic E-state index is 0.106. The lowest BCUT2D eigenvalue weighted by Gasteiger charge is -2.07. The van der Waals surface area contributed by atoms with Gasteiger partial charge in [-0.2, -0.15) is 0 Å². The van der Waals surface area contributed by atoms with Crippen LogP contribution in [0.15, 0.2) is 31.0 Å². The first-order valence-corrected chi connectivity index (χ1v) is 6.59.